The number of sulfonamides is 1. The first-order chi connectivity index (χ1) is 6.84. The summed E-state index contributed by atoms with van der Waals surface area (Å²) < 4.78 is 27.4. The molecule has 0 amide bonds. The van der Waals surface area contributed by atoms with E-state index in [2.05, 4.69) is 20.7 Å². The molecular weight excluding hydrogens is 298 g/mol. The van der Waals surface area contributed by atoms with E-state index in [1.54, 1.807) is 11.4 Å². The van der Waals surface area contributed by atoms with Gasteiger partial charge in [-0.3, -0.25) is 0 Å². The predicted molar refractivity (Wildman–Crippen MR) is 66.6 cm³/mol. The van der Waals surface area contributed by atoms with Gasteiger partial charge >= 0.3 is 0 Å². The molecule has 0 aliphatic carbocycles. The van der Waals surface area contributed by atoms with Crippen molar-refractivity contribution in [1.29, 1.82) is 0 Å². The maximum atomic E-state index is 11.9. The molecule has 86 valence electrons. The van der Waals surface area contributed by atoms with Gasteiger partial charge in [0, 0.05) is 10.5 Å². The molecule has 1 aromatic rings. The van der Waals surface area contributed by atoms with Crippen molar-refractivity contribution in [2.45, 2.75) is 31.0 Å². The molecule has 0 aromatic carbocycles. The highest BCUT2D eigenvalue weighted by molar-refractivity contribution is 9.10. The maximum Gasteiger partial charge on any atom is 0.251 e. The van der Waals surface area contributed by atoms with Crippen LogP contribution in [0.25, 0.3) is 0 Å². The first-order valence-electron chi connectivity index (χ1n) is 4.60. The molecule has 15 heavy (non-hydrogen) atoms. The molecule has 0 spiro atoms. The Labute approximate surface area is 103 Å². The second-order valence-electron chi connectivity index (χ2n) is 3.71. The van der Waals surface area contributed by atoms with Gasteiger partial charge in [-0.1, -0.05) is 13.8 Å². The molecule has 0 aliphatic rings. The average Bonchev–Trinajstić information content (AvgIpc) is 2.50. The monoisotopic (exact) mass is 311 g/mol. The van der Waals surface area contributed by atoms with Gasteiger partial charge in [0.05, 0.1) is 0 Å². The Kier molecular flexibility index (Phi) is 4.34. The molecule has 1 N–H and O–H groups in total. The zero-order valence-corrected chi connectivity index (χ0v) is 12.0. The first-order valence-corrected chi connectivity index (χ1v) is 7.75. The smallest absolute Gasteiger partial charge is 0.207 e. The Hall–Kier alpha value is 0.0900. The van der Waals surface area contributed by atoms with Gasteiger partial charge in [-0.25, -0.2) is 13.1 Å². The van der Waals surface area contributed by atoms with Crippen molar-refractivity contribution in [2.75, 3.05) is 0 Å². The van der Waals surface area contributed by atoms with Crippen LogP contribution in [0.3, 0.4) is 0 Å². The van der Waals surface area contributed by atoms with Gasteiger partial charge in [0.1, 0.15) is 4.21 Å². The van der Waals surface area contributed by atoms with E-state index in [4.69, 9.17) is 0 Å². The fraction of sp³-hybridized carbons (Fsp3) is 0.556. The van der Waals surface area contributed by atoms with E-state index >= 15 is 0 Å². The van der Waals surface area contributed by atoms with E-state index in [1.165, 1.54) is 11.3 Å². The van der Waals surface area contributed by atoms with Crippen molar-refractivity contribution in [3.8, 4) is 0 Å². The van der Waals surface area contributed by atoms with Crippen LogP contribution in [-0.4, -0.2) is 14.5 Å². The van der Waals surface area contributed by atoms with E-state index in [1.807, 2.05) is 20.8 Å². The van der Waals surface area contributed by atoms with Gasteiger partial charge in [-0.2, -0.15) is 0 Å². The lowest BCUT2D eigenvalue weighted by molar-refractivity contribution is 0.477. The molecule has 0 saturated carbocycles. The van der Waals surface area contributed by atoms with Crippen molar-refractivity contribution in [1.82, 2.24) is 4.72 Å². The molecule has 0 saturated heterocycles. The summed E-state index contributed by atoms with van der Waals surface area (Å²) >= 11 is 4.43. The highest BCUT2D eigenvalue weighted by Crippen LogP contribution is 2.27. The third kappa shape index (κ3) is 3.27. The summed E-state index contributed by atoms with van der Waals surface area (Å²) in [4.78, 5) is 0. The van der Waals surface area contributed by atoms with Crippen LogP contribution in [0.1, 0.15) is 20.8 Å². The van der Waals surface area contributed by atoms with Gasteiger partial charge in [0.25, 0.3) is 10.0 Å². The van der Waals surface area contributed by atoms with E-state index < -0.39 is 10.0 Å². The topological polar surface area (TPSA) is 46.2 Å². The lowest BCUT2D eigenvalue weighted by Crippen LogP contribution is -2.35. The molecule has 0 radical (unpaired) electrons. The van der Waals surface area contributed by atoms with E-state index in [9.17, 15) is 8.42 Å². The third-order valence-electron chi connectivity index (χ3n) is 2.17. The van der Waals surface area contributed by atoms with Crippen LogP contribution in [0.2, 0.25) is 0 Å². The van der Waals surface area contributed by atoms with Gasteiger partial charge in [-0.15, -0.1) is 11.3 Å². The third-order valence-corrected chi connectivity index (χ3v) is 6.40. The van der Waals surface area contributed by atoms with Crippen LogP contribution in [0, 0.1) is 5.92 Å². The zero-order valence-electron chi connectivity index (χ0n) is 8.82. The highest BCUT2D eigenvalue weighted by Gasteiger charge is 2.22. The fourth-order valence-corrected chi connectivity index (χ4v) is 4.65. The van der Waals surface area contributed by atoms with Gasteiger partial charge < -0.3 is 0 Å². The zero-order chi connectivity index (χ0) is 11.6. The first kappa shape index (κ1) is 13.2. The van der Waals surface area contributed by atoms with Crippen molar-refractivity contribution < 1.29 is 8.42 Å². The Balaban J connectivity index is 2.91. The minimum Gasteiger partial charge on any atom is -0.207 e. The van der Waals surface area contributed by atoms with Gasteiger partial charge in [0.2, 0.25) is 0 Å². The quantitative estimate of drug-likeness (QED) is 0.929. The summed E-state index contributed by atoms with van der Waals surface area (Å²) in [6.07, 6.45) is 0. The normalized spacial score (nSPS) is 14.5. The second-order valence-corrected chi connectivity index (χ2v) is 7.39. The summed E-state index contributed by atoms with van der Waals surface area (Å²) in [7, 11) is -3.37. The van der Waals surface area contributed by atoms with Gasteiger partial charge in [-0.05, 0) is 40.2 Å². The van der Waals surface area contributed by atoms with Crippen molar-refractivity contribution in [2.24, 2.45) is 5.92 Å². The number of hydrogen-bond acceptors (Lipinski definition) is 3. The standard InChI is InChI=1S/C9H14BrNO2S2/c1-6(2)7(3)11-15(12,13)9-8(10)4-5-14-9/h4-7,11H,1-3H3. The number of nitrogens with one attached hydrogen (secondary N) is 1. The lowest BCUT2D eigenvalue weighted by atomic mass is 10.1. The Morgan fingerprint density at radius 1 is 1.40 bits per heavy atom. The van der Waals surface area contributed by atoms with E-state index in [0.29, 0.717) is 8.68 Å². The molecule has 1 atom stereocenters. The highest BCUT2D eigenvalue weighted by atomic mass is 79.9. The molecule has 3 nitrogen and oxygen atoms in total. The molecule has 1 unspecified atom stereocenters. The fourth-order valence-electron chi connectivity index (χ4n) is 0.906. The Morgan fingerprint density at radius 3 is 2.40 bits per heavy atom. The summed E-state index contributed by atoms with van der Waals surface area (Å²) in [5.41, 5.74) is 0. The maximum absolute atomic E-state index is 11.9. The predicted octanol–water partition coefficient (Wildman–Crippen LogP) is 2.83. The SMILES string of the molecule is CC(C)C(C)NS(=O)(=O)c1sccc1Br. The molecular formula is C9H14BrNO2S2. The lowest BCUT2D eigenvalue weighted by Gasteiger charge is -2.16. The second kappa shape index (κ2) is 4.95. The summed E-state index contributed by atoms with van der Waals surface area (Å²) in [5.74, 6) is 0.276. The van der Waals surface area contributed by atoms with Crippen LogP contribution in [0.4, 0.5) is 0 Å². The van der Waals surface area contributed by atoms with Crippen LogP contribution < -0.4 is 4.72 Å². The largest absolute Gasteiger partial charge is 0.251 e. The number of hydrogen-bond donors (Lipinski definition) is 1. The molecule has 6 heteroatoms. The minimum atomic E-state index is -3.37. The van der Waals surface area contributed by atoms with Crippen molar-refractivity contribution in [3.05, 3.63) is 15.9 Å². The molecule has 0 fully saturated rings. The van der Waals surface area contributed by atoms with Crippen LogP contribution >= 0.6 is 27.3 Å². The van der Waals surface area contributed by atoms with Crippen molar-refractivity contribution in [3.63, 3.8) is 0 Å². The van der Waals surface area contributed by atoms with Crippen LogP contribution in [0.15, 0.2) is 20.1 Å². The molecule has 1 rings (SSSR count). The summed E-state index contributed by atoms with van der Waals surface area (Å²) in [6, 6.07) is 1.67. The molecule has 0 aliphatic heterocycles. The Bertz CT molecular complexity index is 425. The molecule has 0 bridgehead atoms. The molecule has 1 heterocycles. The van der Waals surface area contributed by atoms with Gasteiger partial charge in [0.15, 0.2) is 0 Å². The van der Waals surface area contributed by atoms with E-state index in [0.717, 1.165) is 0 Å². The van der Waals surface area contributed by atoms with E-state index in [-0.39, 0.29) is 12.0 Å². The Morgan fingerprint density at radius 2 is 2.00 bits per heavy atom. The van der Waals surface area contributed by atoms with Crippen molar-refractivity contribution >= 4 is 37.3 Å². The van der Waals surface area contributed by atoms with Crippen LogP contribution in [0.5, 0.6) is 0 Å². The number of halogens is 1. The summed E-state index contributed by atoms with van der Waals surface area (Å²) in [6.45, 7) is 5.83. The number of rotatable bonds is 4. The average molecular weight is 312 g/mol. The number of thiophene rings is 1. The van der Waals surface area contributed by atoms with Crippen LogP contribution in [-0.2, 0) is 10.0 Å². The minimum absolute atomic E-state index is 0.0657. The molecule has 1 aromatic heterocycles. The summed E-state index contributed by atoms with van der Waals surface area (Å²) in [5, 5.41) is 1.75.